The zero-order chi connectivity index (χ0) is 21.3. The summed E-state index contributed by atoms with van der Waals surface area (Å²) in [5.74, 6) is -2.79. The number of hydrogen-bond acceptors (Lipinski definition) is 4. The molecule has 2 unspecified atom stereocenters. The third-order valence-electron chi connectivity index (χ3n) is 5.42. The molecule has 7 nitrogen and oxygen atoms in total. The summed E-state index contributed by atoms with van der Waals surface area (Å²) < 4.78 is 0. The van der Waals surface area contributed by atoms with Crippen LogP contribution in [-0.4, -0.2) is 34.6 Å². The third-order valence-corrected chi connectivity index (χ3v) is 5.77. The van der Waals surface area contributed by atoms with Crippen molar-refractivity contribution in [1.82, 2.24) is 5.06 Å². The maximum absolute atomic E-state index is 12.7. The predicted octanol–water partition coefficient (Wildman–Crippen LogP) is 3.64. The SMILES string of the molecule is CC1=CCC(C(=O)O)C(C(=O)Nc2ccc(CN3OCC(C)(C)C3=O)c(Cl)c2)C1. The Morgan fingerprint density at radius 1 is 1.34 bits per heavy atom. The average Bonchev–Trinajstić information content (AvgIpc) is 2.90. The van der Waals surface area contributed by atoms with E-state index in [1.54, 1.807) is 18.2 Å². The highest BCUT2D eigenvalue weighted by Gasteiger charge is 2.40. The normalized spacial score (nSPS) is 23.7. The number of carbonyl (C=O) groups excluding carboxylic acids is 2. The first kappa shape index (κ1) is 21.3. The van der Waals surface area contributed by atoms with Crippen molar-refractivity contribution in [3.63, 3.8) is 0 Å². The van der Waals surface area contributed by atoms with Crippen LogP contribution in [-0.2, 0) is 25.8 Å². The van der Waals surface area contributed by atoms with Gasteiger partial charge in [0, 0.05) is 10.7 Å². The summed E-state index contributed by atoms with van der Waals surface area (Å²) in [6.07, 6.45) is 2.63. The maximum Gasteiger partial charge on any atom is 0.307 e. The molecule has 0 aromatic heterocycles. The smallest absolute Gasteiger partial charge is 0.307 e. The van der Waals surface area contributed by atoms with Gasteiger partial charge in [0.25, 0.3) is 5.91 Å². The lowest BCUT2D eigenvalue weighted by Gasteiger charge is -2.26. The van der Waals surface area contributed by atoms with Crippen LogP contribution >= 0.6 is 11.6 Å². The monoisotopic (exact) mass is 420 g/mol. The number of amides is 2. The number of nitrogens with one attached hydrogen (secondary N) is 1. The fourth-order valence-corrected chi connectivity index (χ4v) is 3.81. The minimum atomic E-state index is -0.972. The summed E-state index contributed by atoms with van der Waals surface area (Å²) in [5, 5.41) is 13.9. The van der Waals surface area contributed by atoms with Crippen molar-refractivity contribution in [3.8, 4) is 0 Å². The summed E-state index contributed by atoms with van der Waals surface area (Å²) >= 11 is 6.35. The zero-order valence-electron chi connectivity index (χ0n) is 16.7. The van der Waals surface area contributed by atoms with Gasteiger partial charge >= 0.3 is 5.97 Å². The number of rotatable bonds is 5. The number of aliphatic carboxylic acids is 1. The second-order valence-electron chi connectivity index (χ2n) is 8.34. The zero-order valence-corrected chi connectivity index (χ0v) is 17.5. The molecule has 1 saturated heterocycles. The Hall–Kier alpha value is -2.38. The molecule has 1 aliphatic carbocycles. The molecule has 1 aliphatic heterocycles. The van der Waals surface area contributed by atoms with Crippen molar-refractivity contribution in [1.29, 1.82) is 0 Å². The Bertz CT molecular complexity index is 880. The number of nitrogens with zero attached hydrogens (tertiary/aromatic N) is 1. The Balaban J connectivity index is 1.69. The van der Waals surface area contributed by atoms with Crippen molar-refractivity contribution in [2.24, 2.45) is 17.3 Å². The topological polar surface area (TPSA) is 95.9 Å². The van der Waals surface area contributed by atoms with Crippen LogP contribution < -0.4 is 5.32 Å². The van der Waals surface area contributed by atoms with E-state index in [0.717, 1.165) is 5.57 Å². The number of halogens is 1. The number of hydrogen-bond donors (Lipinski definition) is 2. The number of anilines is 1. The number of carboxylic acid groups (broad SMARTS) is 1. The van der Waals surface area contributed by atoms with Gasteiger partial charge in [-0.1, -0.05) is 29.3 Å². The van der Waals surface area contributed by atoms with E-state index >= 15 is 0 Å². The van der Waals surface area contributed by atoms with Gasteiger partial charge in [-0.3, -0.25) is 19.2 Å². The molecule has 1 aromatic carbocycles. The standard InChI is InChI=1S/C21H25ClN2O5/c1-12-4-7-15(19(26)27)16(8-12)18(25)23-14-6-5-13(17(22)9-14)10-24-20(28)21(2,3)11-29-24/h4-6,9,15-16H,7-8,10-11H2,1-3H3,(H,23,25)(H,26,27). The fourth-order valence-electron chi connectivity index (χ4n) is 3.57. The van der Waals surface area contributed by atoms with Crippen LogP contribution in [0.25, 0.3) is 0 Å². The third kappa shape index (κ3) is 4.62. The molecule has 2 atom stereocenters. The quantitative estimate of drug-likeness (QED) is 0.709. The van der Waals surface area contributed by atoms with E-state index in [2.05, 4.69) is 5.32 Å². The summed E-state index contributed by atoms with van der Waals surface area (Å²) in [5.41, 5.74) is 1.62. The number of benzene rings is 1. The maximum atomic E-state index is 12.7. The van der Waals surface area contributed by atoms with Gasteiger partial charge in [0.05, 0.1) is 30.4 Å². The van der Waals surface area contributed by atoms with Crippen LogP contribution in [0.4, 0.5) is 5.69 Å². The number of hydroxylamine groups is 2. The lowest BCUT2D eigenvalue weighted by Crippen LogP contribution is -2.35. The molecule has 0 bridgehead atoms. The van der Waals surface area contributed by atoms with Gasteiger partial charge in [-0.15, -0.1) is 0 Å². The Kier molecular flexibility index (Phi) is 6.00. The highest BCUT2D eigenvalue weighted by molar-refractivity contribution is 6.31. The van der Waals surface area contributed by atoms with Gasteiger partial charge in [-0.25, -0.2) is 5.06 Å². The van der Waals surface area contributed by atoms with E-state index in [-0.39, 0.29) is 18.4 Å². The van der Waals surface area contributed by atoms with Gasteiger partial charge in [0.1, 0.15) is 0 Å². The summed E-state index contributed by atoms with van der Waals surface area (Å²) in [4.78, 5) is 41.9. The van der Waals surface area contributed by atoms with E-state index in [0.29, 0.717) is 35.7 Å². The minimum absolute atomic E-state index is 0.105. The molecular formula is C21H25ClN2O5. The second-order valence-corrected chi connectivity index (χ2v) is 8.74. The largest absolute Gasteiger partial charge is 0.481 e. The molecule has 0 spiro atoms. The Morgan fingerprint density at radius 3 is 2.66 bits per heavy atom. The van der Waals surface area contributed by atoms with Crippen LogP contribution in [0.3, 0.4) is 0 Å². The first-order chi connectivity index (χ1) is 13.6. The molecule has 2 amide bonds. The minimum Gasteiger partial charge on any atom is -0.481 e. The molecular weight excluding hydrogens is 396 g/mol. The summed E-state index contributed by atoms with van der Waals surface area (Å²) in [6.45, 7) is 6.07. The van der Waals surface area contributed by atoms with Crippen LogP contribution in [0.2, 0.25) is 5.02 Å². The van der Waals surface area contributed by atoms with E-state index in [9.17, 15) is 19.5 Å². The molecule has 0 radical (unpaired) electrons. The lowest BCUT2D eigenvalue weighted by atomic mass is 9.79. The van der Waals surface area contributed by atoms with Crippen LogP contribution in [0.5, 0.6) is 0 Å². The highest BCUT2D eigenvalue weighted by atomic mass is 35.5. The number of carboxylic acids is 1. The van der Waals surface area contributed by atoms with Crippen molar-refractivity contribution < 1.29 is 24.3 Å². The molecule has 1 fully saturated rings. The van der Waals surface area contributed by atoms with Gasteiger partial charge in [-0.05, 0) is 51.3 Å². The predicted molar refractivity (Wildman–Crippen MR) is 108 cm³/mol. The molecule has 3 rings (SSSR count). The molecule has 29 heavy (non-hydrogen) atoms. The van der Waals surface area contributed by atoms with Crippen LogP contribution in [0.15, 0.2) is 29.8 Å². The van der Waals surface area contributed by atoms with E-state index in [1.807, 2.05) is 26.8 Å². The number of allylic oxidation sites excluding steroid dienone is 2. The molecule has 0 saturated carbocycles. The molecule has 2 N–H and O–H groups in total. The molecule has 1 heterocycles. The first-order valence-corrected chi connectivity index (χ1v) is 9.89. The van der Waals surface area contributed by atoms with Crippen LogP contribution in [0.1, 0.15) is 39.2 Å². The second kappa shape index (κ2) is 8.16. The van der Waals surface area contributed by atoms with Crippen molar-refractivity contribution in [2.75, 3.05) is 11.9 Å². The lowest BCUT2D eigenvalue weighted by molar-refractivity contribution is -0.165. The highest BCUT2D eigenvalue weighted by Crippen LogP contribution is 2.33. The van der Waals surface area contributed by atoms with Gasteiger partial charge in [-0.2, -0.15) is 0 Å². The van der Waals surface area contributed by atoms with Gasteiger partial charge in [0.2, 0.25) is 5.91 Å². The van der Waals surface area contributed by atoms with Crippen molar-refractivity contribution in [2.45, 2.75) is 40.2 Å². The van der Waals surface area contributed by atoms with Crippen molar-refractivity contribution >= 4 is 35.1 Å². The molecule has 2 aliphatic rings. The van der Waals surface area contributed by atoms with E-state index in [1.165, 1.54) is 5.06 Å². The summed E-state index contributed by atoms with van der Waals surface area (Å²) in [7, 11) is 0. The van der Waals surface area contributed by atoms with Crippen LogP contribution in [0, 0.1) is 17.3 Å². The molecule has 156 valence electrons. The Labute approximate surface area is 174 Å². The average molecular weight is 421 g/mol. The van der Waals surface area contributed by atoms with Gasteiger partial charge < -0.3 is 10.4 Å². The van der Waals surface area contributed by atoms with Gasteiger partial charge in [0.15, 0.2) is 0 Å². The van der Waals surface area contributed by atoms with E-state index < -0.39 is 23.2 Å². The number of carbonyl (C=O) groups is 3. The molecule has 8 heteroatoms. The summed E-state index contributed by atoms with van der Waals surface area (Å²) in [6, 6.07) is 5.01. The first-order valence-electron chi connectivity index (χ1n) is 9.51. The van der Waals surface area contributed by atoms with E-state index in [4.69, 9.17) is 16.4 Å². The fraction of sp³-hybridized carbons (Fsp3) is 0.476. The van der Waals surface area contributed by atoms with Crippen molar-refractivity contribution in [3.05, 3.63) is 40.4 Å². The molecule has 1 aromatic rings. The Morgan fingerprint density at radius 2 is 2.07 bits per heavy atom.